The summed E-state index contributed by atoms with van der Waals surface area (Å²) in [7, 11) is 0. The fourth-order valence-electron chi connectivity index (χ4n) is 7.90. The molecule has 0 aromatic heterocycles. The zero-order chi connectivity index (χ0) is 41.5. The first-order valence-electron chi connectivity index (χ1n) is 21.3. The normalized spacial score (nSPS) is 12.1. The van der Waals surface area contributed by atoms with Crippen LogP contribution in [0.15, 0.2) is 236 Å². The van der Waals surface area contributed by atoms with Crippen LogP contribution in [0.5, 0.6) is 0 Å². The molecule has 1 heteroatoms. The Bertz CT molecular complexity index is 3190. The Labute approximate surface area is 340 Å². The van der Waals surface area contributed by atoms with Crippen LogP contribution in [0.2, 0.25) is 0 Å². The Morgan fingerprint density at radius 1 is 0.298 bits per heavy atom. The lowest BCUT2D eigenvalue weighted by Crippen LogP contribution is -2.11. The molecule has 0 bridgehead atoms. The van der Waals surface area contributed by atoms with Crippen molar-refractivity contribution in [2.75, 3.05) is 4.90 Å². The van der Waals surface area contributed by atoms with Gasteiger partial charge in [-0.15, -0.1) is 0 Å². The van der Waals surface area contributed by atoms with Crippen molar-refractivity contribution in [2.24, 2.45) is 0 Å². The second-order valence-electron chi connectivity index (χ2n) is 14.2. The lowest BCUT2D eigenvalue weighted by Gasteiger charge is -2.28. The first kappa shape index (κ1) is 29.8. The van der Waals surface area contributed by atoms with Gasteiger partial charge < -0.3 is 4.90 Å². The van der Waals surface area contributed by atoms with Gasteiger partial charge >= 0.3 is 0 Å². The van der Waals surface area contributed by atoms with Gasteiger partial charge in [0.25, 0.3) is 0 Å². The fraction of sp³-hybridized carbons (Fsp3) is 0. The molecule has 57 heavy (non-hydrogen) atoms. The van der Waals surface area contributed by atoms with Gasteiger partial charge in [0.05, 0.1) is 11.2 Å². The van der Waals surface area contributed by atoms with Crippen molar-refractivity contribution in [3.63, 3.8) is 0 Å². The molecular formula is C56H39N. The number of hydrogen-bond donors (Lipinski definition) is 0. The molecule has 10 rings (SSSR count). The van der Waals surface area contributed by atoms with E-state index in [-0.39, 0.29) is 35.4 Å². The maximum atomic E-state index is 9.62. The molecule has 0 unspecified atom stereocenters. The van der Waals surface area contributed by atoms with E-state index in [0.29, 0.717) is 11.3 Å². The molecule has 0 spiro atoms. The Balaban J connectivity index is 1.11. The van der Waals surface area contributed by atoms with Crippen LogP contribution in [-0.2, 0) is 0 Å². The second-order valence-corrected chi connectivity index (χ2v) is 14.2. The van der Waals surface area contributed by atoms with Crippen LogP contribution in [-0.4, -0.2) is 0 Å². The van der Waals surface area contributed by atoms with Gasteiger partial charge in [-0.05, 0) is 108 Å². The molecule has 0 atom stereocenters. The minimum Gasteiger partial charge on any atom is -0.310 e. The van der Waals surface area contributed by atoms with E-state index in [4.69, 9.17) is 0 Å². The average molecular weight is 730 g/mol. The van der Waals surface area contributed by atoms with Gasteiger partial charge in [0.1, 0.15) is 0 Å². The largest absolute Gasteiger partial charge is 0.310 e. The zero-order valence-electron chi connectivity index (χ0n) is 35.2. The highest BCUT2D eigenvalue weighted by atomic mass is 15.1. The monoisotopic (exact) mass is 729 g/mol. The first-order chi connectivity index (χ1) is 29.9. The maximum absolute atomic E-state index is 9.62. The number of hydrogen-bond acceptors (Lipinski definition) is 1. The molecule has 0 aliphatic heterocycles. The highest BCUT2D eigenvalue weighted by Crippen LogP contribution is 2.43. The van der Waals surface area contributed by atoms with Crippen molar-refractivity contribution in [3.05, 3.63) is 236 Å². The van der Waals surface area contributed by atoms with Gasteiger partial charge in [-0.2, -0.15) is 0 Å². The van der Waals surface area contributed by atoms with Crippen LogP contribution in [0, 0.1) is 0 Å². The maximum Gasteiger partial charge on any atom is 0.0645 e. The highest BCUT2D eigenvalue weighted by Gasteiger charge is 2.18. The number of anilines is 3. The van der Waals surface area contributed by atoms with E-state index < -0.39 is 0 Å². The smallest absolute Gasteiger partial charge is 0.0645 e. The number of nitrogens with zero attached hydrogens (tertiary/aromatic N) is 1. The van der Waals surface area contributed by atoms with E-state index in [1.165, 1.54) is 10.8 Å². The summed E-state index contributed by atoms with van der Waals surface area (Å²) in [6.07, 6.45) is 0. The summed E-state index contributed by atoms with van der Waals surface area (Å²) in [5.41, 5.74) is 10.9. The van der Waals surface area contributed by atoms with Gasteiger partial charge in [-0.3, -0.25) is 0 Å². The third-order valence-corrected chi connectivity index (χ3v) is 10.7. The Kier molecular flexibility index (Phi) is 7.84. The molecule has 0 aliphatic carbocycles. The lowest BCUT2D eigenvalue weighted by molar-refractivity contribution is 1.28. The topological polar surface area (TPSA) is 3.24 Å². The third kappa shape index (κ3) is 6.66. The summed E-state index contributed by atoms with van der Waals surface area (Å²) in [4.78, 5) is 1.89. The molecule has 0 amide bonds. The molecule has 10 aromatic rings. The van der Waals surface area contributed by atoms with Gasteiger partial charge in [0.2, 0.25) is 0 Å². The third-order valence-electron chi connectivity index (χ3n) is 10.7. The van der Waals surface area contributed by atoms with Crippen LogP contribution >= 0.6 is 0 Å². The molecule has 0 N–H and O–H groups in total. The molecule has 0 heterocycles. The van der Waals surface area contributed by atoms with Crippen molar-refractivity contribution in [1.29, 1.82) is 0 Å². The summed E-state index contributed by atoms with van der Waals surface area (Å²) in [6, 6.07) is 71.4. The molecule has 1 nitrogen and oxygen atoms in total. The molecule has 0 saturated heterocycles. The first-order valence-corrected chi connectivity index (χ1v) is 19.3. The van der Waals surface area contributed by atoms with E-state index in [1.54, 1.807) is 0 Å². The highest BCUT2D eigenvalue weighted by molar-refractivity contribution is 6.04. The summed E-state index contributed by atoms with van der Waals surface area (Å²) >= 11 is 0. The second kappa shape index (κ2) is 15.0. The molecule has 268 valence electrons. The predicted molar refractivity (Wildman–Crippen MR) is 243 cm³/mol. The minimum atomic E-state index is -0.123. The zero-order valence-corrected chi connectivity index (χ0v) is 31.2. The average Bonchev–Trinajstić information content (AvgIpc) is 3.32. The number of fused-ring (bicyclic) bond motifs is 2. The Hall–Kier alpha value is -7.48. The van der Waals surface area contributed by atoms with E-state index in [9.17, 15) is 5.48 Å². The Morgan fingerprint density at radius 2 is 0.825 bits per heavy atom. The molecule has 0 fully saturated rings. The quantitative estimate of drug-likeness (QED) is 0.151. The SMILES string of the molecule is [2H]c1c([2H])c(N(c2ccc(-c3ccc4ccccc4c3-c3ccccc3)cc2)c2ccccc2-c2ccccc2)c([2H])c([2H])c1-c1ccc(-c2ccc3ccccc3c2)cc1. The van der Waals surface area contributed by atoms with Crippen molar-refractivity contribution in [1.82, 2.24) is 0 Å². The Morgan fingerprint density at radius 3 is 1.56 bits per heavy atom. The molecule has 10 aromatic carbocycles. The predicted octanol–water partition coefficient (Wildman–Crippen LogP) is 15.8. The fourth-order valence-corrected chi connectivity index (χ4v) is 7.90. The van der Waals surface area contributed by atoms with Gasteiger partial charge in [0.15, 0.2) is 0 Å². The lowest BCUT2D eigenvalue weighted by atomic mass is 9.89. The summed E-state index contributed by atoms with van der Waals surface area (Å²) in [5, 5.41) is 4.65. The van der Waals surface area contributed by atoms with E-state index in [1.807, 2.05) is 114 Å². The number of rotatable bonds is 8. The van der Waals surface area contributed by atoms with Crippen LogP contribution < -0.4 is 4.90 Å². The van der Waals surface area contributed by atoms with Crippen LogP contribution in [0.3, 0.4) is 0 Å². The van der Waals surface area contributed by atoms with Gasteiger partial charge in [0, 0.05) is 16.9 Å². The molecule has 0 aliphatic rings. The van der Waals surface area contributed by atoms with E-state index >= 15 is 0 Å². The van der Waals surface area contributed by atoms with Crippen molar-refractivity contribution in [3.8, 4) is 55.6 Å². The van der Waals surface area contributed by atoms with Crippen LogP contribution in [0.4, 0.5) is 17.1 Å². The van der Waals surface area contributed by atoms with Crippen LogP contribution in [0.1, 0.15) is 5.48 Å². The summed E-state index contributed by atoms with van der Waals surface area (Å²) < 4.78 is 38.2. The van der Waals surface area contributed by atoms with Crippen molar-refractivity contribution >= 4 is 38.6 Å². The number of para-hydroxylation sites is 1. The summed E-state index contributed by atoms with van der Waals surface area (Å²) in [6.45, 7) is 0. The van der Waals surface area contributed by atoms with Crippen LogP contribution in [0.25, 0.3) is 77.2 Å². The van der Waals surface area contributed by atoms with E-state index in [0.717, 1.165) is 61.0 Å². The molecule has 0 radical (unpaired) electrons. The molecular weight excluding hydrogens is 687 g/mol. The van der Waals surface area contributed by atoms with Crippen molar-refractivity contribution < 1.29 is 5.48 Å². The minimum absolute atomic E-state index is 0.100. The standard InChI is InChI=1S/C56H39N/c1-3-14-44(15-4-1)52-20-11-12-22-55(52)57(50-34-29-42(30-35-50)41-23-25-43(26-24-41)49-28-27-40-13-7-8-19-48(40)39-49)51-36-31-46(32-37-51)54-38-33-45-16-9-10-21-53(45)56(54)47-17-5-2-6-18-47/h1-39H/i29D,30D,34D,35D. The van der Waals surface area contributed by atoms with Gasteiger partial charge in [-0.25, -0.2) is 0 Å². The van der Waals surface area contributed by atoms with Crippen molar-refractivity contribution in [2.45, 2.75) is 0 Å². The molecule has 0 saturated carbocycles. The van der Waals surface area contributed by atoms with Gasteiger partial charge in [-0.1, -0.05) is 200 Å². The summed E-state index contributed by atoms with van der Waals surface area (Å²) in [5.74, 6) is 0. The number of benzene rings is 10. The van der Waals surface area contributed by atoms with E-state index in [2.05, 4.69) is 103 Å².